The summed E-state index contributed by atoms with van der Waals surface area (Å²) in [7, 11) is 0. The SMILES string of the molecule is CCCNc1ncc(Br)c(NC(CC)C(C)C)n1. The van der Waals surface area contributed by atoms with Crippen molar-refractivity contribution in [3.8, 4) is 0 Å². The lowest BCUT2D eigenvalue weighted by atomic mass is 10.0. The Bertz CT molecular complexity index is 368. The van der Waals surface area contributed by atoms with E-state index in [1.165, 1.54) is 0 Å². The van der Waals surface area contributed by atoms with Crippen LogP contribution >= 0.6 is 15.9 Å². The van der Waals surface area contributed by atoms with Crippen molar-refractivity contribution in [2.45, 2.75) is 46.6 Å². The molecule has 0 aliphatic heterocycles. The van der Waals surface area contributed by atoms with E-state index >= 15 is 0 Å². The number of hydrogen-bond donors (Lipinski definition) is 2. The van der Waals surface area contributed by atoms with Crippen LogP contribution in [0.4, 0.5) is 11.8 Å². The molecular formula is C13H23BrN4. The molecule has 5 heteroatoms. The van der Waals surface area contributed by atoms with Crippen molar-refractivity contribution in [3.05, 3.63) is 10.7 Å². The first kappa shape index (κ1) is 15.2. The lowest BCUT2D eigenvalue weighted by Gasteiger charge is -2.22. The monoisotopic (exact) mass is 314 g/mol. The number of hydrogen-bond acceptors (Lipinski definition) is 4. The largest absolute Gasteiger partial charge is 0.366 e. The molecule has 0 spiro atoms. The van der Waals surface area contributed by atoms with Crippen LogP contribution in [-0.2, 0) is 0 Å². The summed E-state index contributed by atoms with van der Waals surface area (Å²) in [4.78, 5) is 8.75. The molecule has 1 atom stereocenters. The van der Waals surface area contributed by atoms with Crippen LogP contribution in [0.3, 0.4) is 0 Å². The second-order valence-electron chi connectivity index (χ2n) is 4.72. The minimum Gasteiger partial charge on any atom is -0.366 e. The minimum absolute atomic E-state index is 0.426. The summed E-state index contributed by atoms with van der Waals surface area (Å²) in [6.07, 6.45) is 3.93. The maximum Gasteiger partial charge on any atom is 0.224 e. The Morgan fingerprint density at radius 2 is 2.06 bits per heavy atom. The van der Waals surface area contributed by atoms with Gasteiger partial charge in [0.15, 0.2) is 0 Å². The molecule has 0 fully saturated rings. The van der Waals surface area contributed by atoms with E-state index in [1.54, 1.807) is 6.20 Å². The topological polar surface area (TPSA) is 49.8 Å². The average molecular weight is 315 g/mol. The first-order valence-corrected chi connectivity index (χ1v) is 7.40. The van der Waals surface area contributed by atoms with Gasteiger partial charge in [-0.1, -0.05) is 27.7 Å². The van der Waals surface area contributed by atoms with Crippen LogP contribution in [0, 0.1) is 5.92 Å². The fourth-order valence-corrected chi connectivity index (χ4v) is 2.01. The highest BCUT2D eigenvalue weighted by atomic mass is 79.9. The lowest BCUT2D eigenvalue weighted by Crippen LogP contribution is -2.25. The Morgan fingerprint density at radius 3 is 2.61 bits per heavy atom. The van der Waals surface area contributed by atoms with Gasteiger partial charge in [-0.2, -0.15) is 4.98 Å². The first-order chi connectivity index (χ1) is 8.58. The second-order valence-corrected chi connectivity index (χ2v) is 5.57. The zero-order valence-corrected chi connectivity index (χ0v) is 13.2. The first-order valence-electron chi connectivity index (χ1n) is 6.61. The number of anilines is 2. The molecule has 2 N–H and O–H groups in total. The van der Waals surface area contributed by atoms with Crippen LogP contribution in [0.25, 0.3) is 0 Å². The molecule has 18 heavy (non-hydrogen) atoms. The lowest BCUT2D eigenvalue weighted by molar-refractivity contribution is 0.509. The van der Waals surface area contributed by atoms with Gasteiger partial charge in [-0.05, 0) is 34.7 Å². The fourth-order valence-electron chi connectivity index (χ4n) is 1.71. The molecule has 0 radical (unpaired) electrons. The highest BCUT2D eigenvalue weighted by Crippen LogP contribution is 2.23. The van der Waals surface area contributed by atoms with Crippen molar-refractivity contribution < 1.29 is 0 Å². The molecule has 0 saturated carbocycles. The van der Waals surface area contributed by atoms with Gasteiger partial charge in [0.25, 0.3) is 0 Å². The number of halogens is 1. The summed E-state index contributed by atoms with van der Waals surface area (Å²) < 4.78 is 0.906. The smallest absolute Gasteiger partial charge is 0.224 e. The molecule has 1 rings (SSSR count). The molecular weight excluding hydrogens is 292 g/mol. The third-order valence-corrected chi connectivity index (χ3v) is 3.42. The number of nitrogens with zero attached hydrogens (tertiary/aromatic N) is 2. The second kappa shape index (κ2) is 7.56. The normalized spacial score (nSPS) is 12.6. The number of nitrogens with one attached hydrogen (secondary N) is 2. The minimum atomic E-state index is 0.426. The average Bonchev–Trinajstić information content (AvgIpc) is 2.35. The van der Waals surface area contributed by atoms with E-state index < -0.39 is 0 Å². The zero-order chi connectivity index (χ0) is 13.5. The summed E-state index contributed by atoms with van der Waals surface area (Å²) in [6.45, 7) is 9.63. The highest BCUT2D eigenvalue weighted by molar-refractivity contribution is 9.10. The Balaban J connectivity index is 2.79. The van der Waals surface area contributed by atoms with Crippen LogP contribution in [-0.4, -0.2) is 22.6 Å². The van der Waals surface area contributed by atoms with Crippen molar-refractivity contribution in [2.24, 2.45) is 5.92 Å². The number of aromatic nitrogens is 2. The highest BCUT2D eigenvalue weighted by Gasteiger charge is 2.13. The zero-order valence-electron chi connectivity index (χ0n) is 11.6. The molecule has 0 saturated heterocycles. The van der Waals surface area contributed by atoms with Crippen molar-refractivity contribution in [2.75, 3.05) is 17.2 Å². The fraction of sp³-hybridized carbons (Fsp3) is 0.692. The summed E-state index contributed by atoms with van der Waals surface area (Å²) in [5.74, 6) is 2.12. The van der Waals surface area contributed by atoms with E-state index in [0.717, 1.165) is 29.7 Å². The van der Waals surface area contributed by atoms with E-state index in [-0.39, 0.29) is 0 Å². The Morgan fingerprint density at radius 1 is 1.33 bits per heavy atom. The van der Waals surface area contributed by atoms with Gasteiger partial charge in [-0.25, -0.2) is 4.98 Å². The molecule has 0 aliphatic carbocycles. The summed E-state index contributed by atoms with van der Waals surface area (Å²) in [5, 5.41) is 6.67. The van der Waals surface area contributed by atoms with Gasteiger partial charge < -0.3 is 10.6 Å². The number of rotatable bonds is 7. The predicted molar refractivity (Wildman–Crippen MR) is 81.1 cm³/mol. The Labute approximate surface area is 118 Å². The van der Waals surface area contributed by atoms with Gasteiger partial charge in [0.2, 0.25) is 5.95 Å². The molecule has 0 bridgehead atoms. The van der Waals surface area contributed by atoms with E-state index in [1.807, 2.05) is 0 Å². The molecule has 0 aromatic carbocycles. The van der Waals surface area contributed by atoms with E-state index in [0.29, 0.717) is 17.9 Å². The van der Waals surface area contributed by atoms with Crippen LogP contribution in [0.15, 0.2) is 10.7 Å². The van der Waals surface area contributed by atoms with Crippen LogP contribution in [0.5, 0.6) is 0 Å². The molecule has 1 heterocycles. The molecule has 0 amide bonds. The van der Waals surface area contributed by atoms with Gasteiger partial charge in [0.1, 0.15) is 5.82 Å². The summed E-state index contributed by atoms with van der Waals surface area (Å²) in [6, 6.07) is 0.426. The van der Waals surface area contributed by atoms with Crippen molar-refractivity contribution in [3.63, 3.8) is 0 Å². The van der Waals surface area contributed by atoms with Gasteiger partial charge in [0, 0.05) is 18.8 Å². The van der Waals surface area contributed by atoms with E-state index in [2.05, 4.69) is 64.2 Å². The van der Waals surface area contributed by atoms with Crippen molar-refractivity contribution in [1.82, 2.24) is 9.97 Å². The Hall–Kier alpha value is -0.840. The standard InChI is InChI=1S/C13H23BrN4/c1-5-7-15-13-16-8-10(14)12(18-13)17-11(6-2)9(3)4/h8-9,11H,5-7H2,1-4H3,(H2,15,16,17,18). The maximum atomic E-state index is 4.50. The third kappa shape index (κ3) is 4.44. The van der Waals surface area contributed by atoms with Gasteiger partial charge in [-0.3, -0.25) is 0 Å². The van der Waals surface area contributed by atoms with Crippen LogP contribution in [0.1, 0.15) is 40.5 Å². The summed E-state index contributed by atoms with van der Waals surface area (Å²) in [5.41, 5.74) is 0. The quantitative estimate of drug-likeness (QED) is 0.801. The molecule has 1 aromatic rings. The molecule has 1 aromatic heterocycles. The molecule has 0 aliphatic rings. The summed E-state index contributed by atoms with van der Waals surface area (Å²) >= 11 is 3.49. The van der Waals surface area contributed by atoms with Gasteiger partial charge in [-0.15, -0.1) is 0 Å². The predicted octanol–water partition coefficient (Wildman–Crippen LogP) is 3.91. The third-order valence-electron chi connectivity index (χ3n) is 2.84. The van der Waals surface area contributed by atoms with Crippen molar-refractivity contribution in [1.29, 1.82) is 0 Å². The molecule has 4 nitrogen and oxygen atoms in total. The molecule has 102 valence electrons. The Kier molecular flexibility index (Phi) is 6.39. The van der Waals surface area contributed by atoms with Crippen molar-refractivity contribution >= 4 is 27.7 Å². The maximum absolute atomic E-state index is 4.50. The van der Waals surface area contributed by atoms with Gasteiger partial charge in [0.05, 0.1) is 4.47 Å². The van der Waals surface area contributed by atoms with E-state index in [4.69, 9.17) is 0 Å². The molecule has 1 unspecified atom stereocenters. The van der Waals surface area contributed by atoms with E-state index in [9.17, 15) is 0 Å². The van der Waals surface area contributed by atoms with Crippen LogP contribution < -0.4 is 10.6 Å². The van der Waals surface area contributed by atoms with Crippen LogP contribution in [0.2, 0.25) is 0 Å². The van der Waals surface area contributed by atoms with Gasteiger partial charge >= 0.3 is 0 Å².